The summed E-state index contributed by atoms with van der Waals surface area (Å²) in [5.74, 6) is -0.0707. The summed E-state index contributed by atoms with van der Waals surface area (Å²) in [5.41, 5.74) is 1.74. The van der Waals surface area contributed by atoms with Crippen LogP contribution in [0, 0.1) is 22.7 Å². The second-order valence-corrected chi connectivity index (χ2v) is 8.65. The Morgan fingerprint density at radius 2 is 2.12 bits per heavy atom. The fourth-order valence-electron chi connectivity index (χ4n) is 5.68. The molecule has 4 heteroatoms. The van der Waals surface area contributed by atoms with Crippen LogP contribution in [0.2, 0.25) is 0 Å². The lowest BCUT2D eigenvalue weighted by Crippen LogP contribution is -2.55. The molecule has 25 heavy (non-hydrogen) atoms. The highest BCUT2D eigenvalue weighted by molar-refractivity contribution is 5.89. The van der Waals surface area contributed by atoms with Crippen LogP contribution < -0.4 is 0 Å². The molecule has 2 aliphatic rings. The molecule has 0 unspecified atom stereocenters. The number of aliphatic hydroxyl groups excluding tert-OH is 1. The minimum atomic E-state index is -0.598. The summed E-state index contributed by atoms with van der Waals surface area (Å²) >= 11 is 0. The van der Waals surface area contributed by atoms with Crippen molar-refractivity contribution in [1.29, 1.82) is 0 Å². The van der Waals surface area contributed by atoms with Crippen molar-refractivity contribution in [2.24, 2.45) is 22.7 Å². The van der Waals surface area contributed by atoms with Crippen molar-refractivity contribution in [2.75, 3.05) is 7.11 Å². The van der Waals surface area contributed by atoms with Gasteiger partial charge in [-0.1, -0.05) is 27.2 Å². The van der Waals surface area contributed by atoms with E-state index in [1.165, 1.54) is 7.11 Å². The largest absolute Gasteiger partial charge is 0.472 e. The standard InChI is InChI=1S/C21H30O4/c1-20(2)9-5-10-21(3)16(7-6-14-8-11-25-13-14)15(19(23)24-4)12-17(22)18(20)21/h8,11-13,16-18,22H,5-7,9-10H2,1-4H3/t16-,17-,18-,21+/m0/s1. The van der Waals surface area contributed by atoms with Crippen molar-refractivity contribution >= 4 is 5.97 Å². The van der Waals surface area contributed by atoms with Crippen LogP contribution >= 0.6 is 0 Å². The quantitative estimate of drug-likeness (QED) is 0.833. The van der Waals surface area contributed by atoms with E-state index in [0.29, 0.717) is 5.57 Å². The maximum Gasteiger partial charge on any atom is 0.333 e. The Morgan fingerprint density at radius 3 is 2.76 bits per heavy atom. The SMILES string of the molecule is COC(=O)C1=C[C@H](O)[C@H]2C(C)(C)CCC[C@]2(C)[C@H]1CCc1ccoc1. The first-order chi connectivity index (χ1) is 11.8. The van der Waals surface area contributed by atoms with Crippen molar-refractivity contribution < 1.29 is 19.1 Å². The third-order valence-corrected chi connectivity index (χ3v) is 6.68. The van der Waals surface area contributed by atoms with E-state index in [1.807, 2.05) is 6.07 Å². The Bertz CT molecular complexity index is 643. The van der Waals surface area contributed by atoms with Crippen LogP contribution in [0.1, 0.15) is 52.0 Å². The van der Waals surface area contributed by atoms with Crippen LogP contribution in [0.25, 0.3) is 0 Å². The number of aliphatic hydroxyl groups is 1. The van der Waals surface area contributed by atoms with Crippen molar-refractivity contribution in [2.45, 2.75) is 59.0 Å². The zero-order valence-corrected chi connectivity index (χ0v) is 15.7. The van der Waals surface area contributed by atoms with Crippen LogP contribution in [0.4, 0.5) is 0 Å². The van der Waals surface area contributed by atoms with Gasteiger partial charge in [0.05, 0.1) is 25.7 Å². The van der Waals surface area contributed by atoms with E-state index in [2.05, 4.69) is 20.8 Å². The van der Waals surface area contributed by atoms with Crippen LogP contribution in [-0.2, 0) is 16.0 Å². The zero-order valence-electron chi connectivity index (χ0n) is 15.7. The summed E-state index contributed by atoms with van der Waals surface area (Å²) in [5, 5.41) is 10.9. The smallest absolute Gasteiger partial charge is 0.333 e. The molecule has 1 saturated carbocycles. The Morgan fingerprint density at radius 1 is 1.36 bits per heavy atom. The lowest BCUT2D eigenvalue weighted by molar-refractivity contribution is -0.142. The maximum absolute atomic E-state index is 12.4. The van der Waals surface area contributed by atoms with Crippen LogP contribution in [-0.4, -0.2) is 24.3 Å². The third kappa shape index (κ3) is 3.17. The fourth-order valence-corrected chi connectivity index (χ4v) is 5.68. The minimum Gasteiger partial charge on any atom is -0.472 e. The predicted octanol–water partition coefficient (Wildman–Crippen LogP) is 4.13. The number of carbonyl (C=O) groups is 1. The molecule has 1 N–H and O–H groups in total. The first-order valence-corrected chi connectivity index (χ1v) is 9.29. The molecule has 1 aromatic heterocycles. The molecule has 0 radical (unpaired) electrons. The molecule has 1 fully saturated rings. The van der Waals surface area contributed by atoms with Gasteiger partial charge in [-0.05, 0) is 66.1 Å². The van der Waals surface area contributed by atoms with Crippen LogP contribution in [0.5, 0.6) is 0 Å². The Labute approximate surface area is 150 Å². The Hall–Kier alpha value is -1.55. The highest BCUT2D eigenvalue weighted by Crippen LogP contribution is 2.60. The average Bonchev–Trinajstić information content (AvgIpc) is 3.05. The van der Waals surface area contributed by atoms with Gasteiger partial charge in [0, 0.05) is 5.57 Å². The van der Waals surface area contributed by atoms with Gasteiger partial charge in [0.25, 0.3) is 0 Å². The molecule has 0 aliphatic heterocycles. The lowest BCUT2D eigenvalue weighted by Gasteiger charge is -2.58. The van der Waals surface area contributed by atoms with Crippen LogP contribution in [0.3, 0.4) is 0 Å². The number of hydrogen-bond donors (Lipinski definition) is 1. The second-order valence-electron chi connectivity index (χ2n) is 8.65. The number of esters is 1. The summed E-state index contributed by atoms with van der Waals surface area (Å²) in [6, 6.07) is 1.98. The van der Waals surface area contributed by atoms with Gasteiger partial charge in [-0.15, -0.1) is 0 Å². The summed E-state index contributed by atoms with van der Waals surface area (Å²) < 4.78 is 10.2. The zero-order chi connectivity index (χ0) is 18.2. The van der Waals surface area contributed by atoms with Gasteiger partial charge in [-0.25, -0.2) is 4.79 Å². The van der Waals surface area contributed by atoms with E-state index < -0.39 is 6.10 Å². The Balaban J connectivity index is 1.98. The van der Waals surface area contributed by atoms with E-state index in [4.69, 9.17) is 9.15 Å². The number of methoxy groups -OCH3 is 1. The molecule has 1 aromatic rings. The molecule has 0 aromatic carbocycles. The molecule has 0 bridgehead atoms. The normalized spacial score (nSPS) is 34.1. The third-order valence-electron chi connectivity index (χ3n) is 6.68. The molecule has 4 nitrogen and oxygen atoms in total. The lowest BCUT2D eigenvalue weighted by atomic mass is 9.47. The number of carbonyl (C=O) groups excluding carboxylic acids is 1. The monoisotopic (exact) mass is 346 g/mol. The van der Waals surface area contributed by atoms with Gasteiger partial charge in [-0.2, -0.15) is 0 Å². The number of ether oxygens (including phenoxy) is 1. The fraction of sp³-hybridized carbons (Fsp3) is 0.667. The molecular weight excluding hydrogens is 316 g/mol. The first kappa shape index (κ1) is 18.2. The van der Waals surface area contributed by atoms with Crippen molar-refractivity contribution in [3.8, 4) is 0 Å². The van der Waals surface area contributed by atoms with E-state index in [0.717, 1.165) is 37.7 Å². The molecule has 1 heterocycles. The van der Waals surface area contributed by atoms with E-state index >= 15 is 0 Å². The summed E-state index contributed by atoms with van der Waals surface area (Å²) in [6.45, 7) is 6.77. The van der Waals surface area contributed by atoms with Gasteiger partial charge in [0.1, 0.15) is 0 Å². The molecule has 138 valence electrons. The van der Waals surface area contributed by atoms with E-state index in [-0.39, 0.29) is 28.6 Å². The molecule has 3 rings (SSSR count). The molecule has 0 spiro atoms. The van der Waals surface area contributed by atoms with Gasteiger partial charge in [0.2, 0.25) is 0 Å². The van der Waals surface area contributed by atoms with Gasteiger partial charge in [-0.3, -0.25) is 0 Å². The molecule has 2 aliphatic carbocycles. The molecule has 0 amide bonds. The number of aryl methyl sites for hydroxylation is 1. The minimum absolute atomic E-state index is 0.0540. The van der Waals surface area contributed by atoms with E-state index in [1.54, 1.807) is 18.6 Å². The summed E-state index contributed by atoms with van der Waals surface area (Å²) in [4.78, 5) is 12.4. The second kappa shape index (κ2) is 6.64. The van der Waals surface area contributed by atoms with Crippen molar-refractivity contribution in [3.63, 3.8) is 0 Å². The van der Waals surface area contributed by atoms with Gasteiger partial charge < -0.3 is 14.3 Å². The van der Waals surface area contributed by atoms with E-state index in [9.17, 15) is 9.90 Å². The highest BCUT2D eigenvalue weighted by atomic mass is 16.5. The van der Waals surface area contributed by atoms with Gasteiger partial charge in [0.15, 0.2) is 0 Å². The number of furan rings is 1. The highest BCUT2D eigenvalue weighted by Gasteiger charge is 2.56. The van der Waals surface area contributed by atoms with Crippen molar-refractivity contribution in [1.82, 2.24) is 0 Å². The van der Waals surface area contributed by atoms with Crippen LogP contribution in [0.15, 0.2) is 34.7 Å². The Kier molecular flexibility index (Phi) is 4.84. The first-order valence-electron chi connectivity index (χ1n) is 9.29. The maximum atomic E-state index is 12.4. The van der Waals surface area contributed by atoms with Gasteiger partial charge >= 0.3 is 5.97 Å². The summed E-state index contributed by atoms with van der Waals surface area (Å²) in [6.07, 6.45) is 9.61. The molecule has 4 atom stereocenters. The number of rotatable bonds is 4. The topological polar surface area (TPSA) is 59.7 Å². The average molecular weight is 346 g/mol. The summed E-state index contributed by atoms with van der Waals surface area (Å²) in [7, 11) is 1.42. The predicted molar refractivity (Wildman–Crippen MR) is 95.9 cm³/mol. The molecular formula is C21H30O4. The number of fused-ring (bicyclic) bond motifs is 1. The van der Waals surface area contributed by atoms with Crippen molar-refractivity contribution in [3.05, 3.63) is 35.8 Å². The molecule has 0 saturated heterocycles. The number of hydrogen-bond acceptors (Lipinski definition) is 4.